The lowest BCUT2D eigenvalue weighted by Gasteiger charge is -2.36. The standard InChI is InChI=1S/C12H18N2O3/c1-9-8-17-10(7-15)5-14(9)6-12(16)11-3-2-4-13-11/h2-4,9-10,13,15H,5-8H2,1H3. The second kappa shape index (κ2) is 5.44. The number of hydrogen-bond donors (Lipinski definition) is 2. The Kier molecular flexibility index (Phi) is 3.93. The van der Waals surface area contributed by atoms with Gasteiger partial charge in [0.25, 0.3) is 0 Å². The summed E-state index contributed by atoms with van der Waals surface area (Å²) in [6.07, 6.45) is 1.56. The van der Waals surface area contributed by atoms with Crippen molar-refractivity contribution in [3.8, 4) is 0 Å². The van der Waals surface area contributed by atoms with Crippen molar-refractivity contribution in [2.45, 2.75) is 19.1 Å². The van der Waals surface area contributed by atoms with E-state index in [9.17, 15) is 4.79 Å². The molecule has 94 valence electrons. The summed E-state index contributed by atoms with van der Waals surface area (Å²) >= 11 is 0. The average molecular weight is 238 g/mol. The Hall–Kier alpha value is -1.17. The third kappa shape index (κ3) is 2.94. The molecule has 5 heteroatoms. The van der Waals surface area contributed by atoms with Crippen LogP contribution in [-0.2, 0) is 4.74 Å². The first-order valence-electron chi connectivity index (χ1n) is 5.84. The minimum Gasteiger partial charge on any atom is -0.394 e. The van der Waals surface area contributed by atoms with Gasteiger partial charge < -0.3 is 14.8 Å². The highest BCUT2D eigenvalue weighted by molar-refractivity contribution is 5.95. The van der Waals surface area contributed by atoms with E-state index in [0.717, 1.165) is 0 Å². The number of nitrogens with one attached hydrogen (secondary N) is 1. The van der Waals surface area contributed by atoms with Crippen LogP contribution in [0.5, 0.6) is 0 Å². The SMILES string of the molecule is CC1COC(CO)CN1CC(=O)c1ccc[nH]1. The van der Waals surface area contributed by atoms with Gasteiger partial charge in [0, 0.05) is 18.8 Å². The Labute approximate surface area is 100 Å². The molecule has 1 aliphatic heterocycles. The van der Waals surface area contributed by atoms with Crippen molar-refractivity contribution in [2.24, 2.45) is 0 Å². The molecule has 1 aromatic rings. The normalized spacial score (nSPS) is 26.0. The molecule has 2 N–H and O–H groups in total. The highest BCUT2D eigenvalue weighted by atomic mass is 16.5. The molecule has 2 rings (SSSR count). The molecule has 0 spiro atoms. The average Bonchev–Trinajstić information content (AvgIpc) is 2.85. The molecule has 0 amide bonds. The van der Waals surface area contributed by atoms with E-state index in [1.54, 1.807) is 12.3 Å². The van der Waals surface area contributed by atoms with Crippen LogP contribution >= 0.6 is 0 Å². The molecule has 0 bridgehead atoms. The Morgan fingerprint density at radius 3 is 3.18 bits per heavy atom. The number of aliphatic hydroxyl groups is 1. The topological polar surface area (TPSA) is 65.6 Å². The molecule has 0 aromatic carbocycles. The van der Waals surface area contributed by atoms with Crippen molar-refractivity contribution in [1.82, 2.24) is 9.88 Å². The van der Waals surface area contributed by atoms with E-state index in [1.807, 2.05) is 17.9 Å². The number of morpholine rings is 1. The predicted octanol–water partition coefficient (Wildman–Crippen LogP) is 0.279. The first-order chi connectivity index (χ1) is 8.20. The van der Waals surface area contributed by atoms with Crippen LogP contribution in [-0.4, -0.2) is 59.2 Å². The van der Waals surface area contributed by atoms with E-state index in [0.29, 0.717) is 25.4 Å². The third-order valence-corrected chi connectivity index (χ3v) is 3.08. The largest absolute Gasteiger partial charge is 0.394 e. The molecule has 1 aliphatic rings. The van der Waals surface area contributed by atoms with Gasteiger partial charge in [-0.15, -0.1) is 0 Å². The number of aromatic nitrogens is 1. The summed E-state index contributed by atoms with van der Waals surface area (Å²) in [5, 5.41) is 9.07. The lowest BCUT2D eigenvalue weighted by Crippen LogP contribution is -2.51. The molecular weight excluding hydrogens is 220 g/mol. The number of ether oxygens (including phenoxy) is 1. The molecule has 1 saturated heterocycles. The molecule has 17 heavy (non-hydrogen) atoms. The zero-order valence-corrected chi connectivity index (χ0v) is 9.93. The lowest BCUT2D eigenvalue weighted by molar-refractivity contribution is -0.0748. The predicted molar refractivity (Wildman–Crippen MR) is 63.0 cm³/mol. The summed E-state index contributed by atoms with van der Waals surface area (Å²) in [7, 11) is 0. The number of aromatic amines is 1. The maximum Gasteiger partial charge on any atom is 0.192 e. The molecule has 2 heterocycles. The fourth-order valence-corrected chi connectivity index (χ4v) is 1.98. The molecule has 1 aromatic heterocycles. The van der Waals surface area contributed by atoms with Gasteiger partial charge in [0.2, 0.25) is 0 Å². The Balaban J connectivity index is 1.95. The zero-order chi connectivity index (χ0) is 12.3. The van der Waals surface area contributed by atoms with Gasteiger partial charge in [-0.05, 0) is 19.1 Å². The number of Topliss-reactive ketones (excluding diaryl/α,β-unsaturated/α-hetero) is 1. The fraction of sp³-hybridized carbons (Fsp3) is 0.583. The van der Waals surface area contributed by atoms with Gasteiger partial charge in [-0.1, -0.05) is 0 Å². The van der Waals surface area contributed by atoms with Crippen molar-refractivity contribution in [3.05, 3.63) is 24.0 Å². The number of aliphatic hydroxyl groups excluding tert-OH is 1. The van der Waals surface area contributed by atoms with Crippen LogP contribution in [0.4, 0.5) is 0 Å². The summed E-state index contributed by atoms with van der Waals surface area (Å²) < 4.78 is 5.43. The van der Waals surface area contributed by atoms with Gasteiger partial charge in [0.05, 0.1) is 31.6 Å². The van der Waals surface area contributed by atoms with Crippen molar-refractivity contribution < 1.29 is 14.6 Å². The quantitative estimate of drug-likeness (QED) is 0.739. The summed E-state index contributed by atoms with van der Waals surface area (Å²) in [6, 6.07) is 3.79. The second-order valence-corrected chi connectivity index (χ2v) is 4.42. The first kappa shape index (κ1) is 12.3. The van der Waals surface area contributed by atoms with Crippen LogP contribution < -0.4 is 0 Å². The van der Waals surface area contributed by atoms with E-state index in [4.69, 9.17) is 9.84 Å². The minimum atomic E-state index is -0.178. The smallest absolute Gasteiger partial charge is 0.192 e. The van der Waals surface area contributed by atoms with Gasteiger partial charge in [-0.3, -0.25) is 9.69 Å². The highest BCUT2D eigenvalue weighted by Gasteiger charge is 2.27. The van der Waals surface area contributed by atoms with E-state index in [1.165, 1.54) is 0 Å². The van der Waals surface area contributed by atoms with Crippen LogP contribution in [0.25, 0.3) is 0 Å². The Morgan fingerprint density at radius 1 is 1.71 bits per heavy atom. The third-order valence-electron chi connectivity index (χ3n) is 3.08. The van der Waals surface area contributed by atoms with Crippen LogP contribution in [0.15, 0.2) is 18.3 Å². The Morgan fingerprint density at radius 2 is 2.53 bits per heavy atom. The summed E-state index contributed by atoms with van der Waals surface area (Å²) in [5.74, 6) is 0.0699. The van der Waals surface area contributed by atoms with Gasteiger partial charge in [0.15, 0.2) is 5.78 Å². The van der Waals surface area contributed by atoms with Crippen molar-refractivity contribution in [2.75, 3.05) is 26.3 Å². The van der Waals surface area contributed by atoms with E-state index < -0.39 is 0 Å². The number of carbonyl (C=O) groups excluding carboxylic acids is 1. The monoisotopic (exact) mass is 238 g/mol. The first-order valence-corrected chi connectivity index (χ1v) is 5.84. The molecule has 2 atom stereocenters. The Bertz CT molecular complexity index is 364. The highest BCUT2D eigenvalue weighted by Crippen LogP contribution is 2.12. The molecule has 5 nitrogen and oxygen atoms in total. The fourth-order valence-electron chi connectivity index (χ4n) is 1.98. The molecule has 0 radical (unpaired) electrons. The lowest BCUT2D eigenvalue weighted by atomic mass is 10.1. The van der Waals surface area contributed by atoms with E-state index in [2.05, 4.69) is 4.98 Å². The van der Waals surface area contributed by atoms with Crippen molar-refractivity contribution in [1.29, 1.82) is 0 Å². The summed E-state index contributed by atoms with van der Waals surface area (Å²) in [6.45, 7) is 3.55. The molecular formula is C12H18N2O3. The number of hydrogen-bond acceptors (Lipinski definition) is 4. The maximum atomic E-state index is 11.9. The minimum absolute atomic E-state index is 0.0000868. The van der Waals surface area contributed by atoms with E-state index >= 15 is 0 Å². The number of H-pyrrole nitrogens is 1. The second-order valence-electron chi connectivity index (χ2n) is 4.42. The van der Waals surface area contributed by atoms with Crippen molar-refractivity contribution >= 4 is 5.78 Å². The summed E-state index contributed by atoms with van der Waals surface area (Å²) in [4.78, 5) is 16.9. The van der Waals surface area contributed by atoms with Crippen LogP contribution in [0.1, 0.15) is 17.4 Å². The molecule has 2 unspecified atom stereocenters. The van der Waals surface area contributed by atoms with Crippen LogP contribution in [0.2, 0.25) is 0 Å². The molecule has 0 aliphatic carbocycles. The maximum absolute atomic E-state index is 11.9. The van der Waals surface area contributed by atoms with Gasteiger partial charge >= 0.3 is 0 Å². The number of rotatable bonds is 4. The number of nitrogens with zero attached hydrogens (tertiary/aromatic N) is 1. The van der Waals surface area contributed by atoms with Gasteiger partial charge in [-0.2, -0.15) is 0 Å². The summed E-state index contributed by atoms with van der Waals surface area (Å²) in [5.41, 5.74) is 0.629. The molecule has 0 saturated carbocycles. The number of carbonyl (C=O) groups is 1. The zero-order valence-electron chi connectivity index (χ0n) is 9.93. The van der Waals surface area contributed by atoms with Gasteiger partial charge in [0.1, 0.15) is 0 Å². The van der Waals surface area contributed by atoms with Crippen LogP contribution in [0, 0.1) is 0 Å². The van der Waals surface area contributed by atoms with Gasteiger partial charge in [-0.25, -0.2) is 0 Å². The number of ketones is 1. The van der Waals surface area contributed by atoms with E-state index in [-0.39, 0.29) is 24.5 Å². The van der Waals surface area contributed by atoms with Crippen LogP contribution in [0.3, 0.4) is 0 Å². The molecule has 1 fully saturated rings. The van der Waals surface area contributed by atoms with Crippen molar-refractivity contribution in [3.63, 3.8) is 0 Å².